The molecule has 0 aliphatic heterocycles. The lowest BCUT2D eigenvalue weighted by Gasteiger charge is -2.37. The van der Waals surface area contributed by atoms with Crippen molar-refractivity contribution >= 4 is 47.3 Å². The largest absolute Gasteiger partial charge is 0.368 e. The summed E-state index contributed by atoms with van der Waals surface area (Å²) in [6, 6.07) is 51.4. The van der Waals surface area contributed by atoms with Gasteiger partial charge in [0.2, 0.25) is 47.3 Å². The summed E-state index contributed by atoms with van der Waals surface area (Å²) in [6.45, 7) is 6.44. The minimum atomic E-state index is -0.794. The van der Waals surface area contributed by atoms with Crippen LogP contribution in [0.2, 0.25) is 0 Å². The van der Waals surface area contributed by atoms with Crippen LogP contribution >= 0.6 is 0 Å². The number of carbonyl (C=O) groups excluding carboxylic acids is 8. The first-order valence-electron chi connectivity index (χ1n) is 30.1. The zero-order valence-corrected chi connectivity index (χ0v) is 52.2. The van der Waals surface area contributed by atoms with E-state index in [9.17, 15) is 19.2 Å². The molecule has 6 aromatic carbocycles. The Morgan fingerprint density at radius 1 is 0.433 bits per heavy atom. The third-order valence-electron chi connectivity index (χ3n) is 16.1. The van der Waals surface area contributed by atoms with Gasteiger partial charge in [0.05, 0.1) is 56.4 Å². The molecule has 0 bridgehead atoms. The van der Waals surface area contributed by atoms with Gasteiger partial charge in [-0.2, -0.15) is 0 Å². The maximum Gasteiger partial charge on any atom is 0.243 e. The van der Waals surface area contributed by atoms with Gasteiger partial charge in [-0.05, 0) is 86.9 Å². The second kappa shape index (κ2) is 35.0. The molecule has 470 valence electrons. The molecule has 0 saturated carbocycles. The van der Waals surface area contributed by atoms with Crippen LogP contribution in [0.5, 0.6) is 0 Å². The first-order chi connectivity index (χ1) is 43.3. The fraction of sp³-hybridized carbons (Fsp3) is 0.343. The average Bonchev–Trinajstić information content (AvgIpc) is 2.92. The van der Waals surface area contributed by atoms with Gasteiger partial charge in [-0.3, -0.25) is 38.4 Å². The summed E-state index contributed by atoms with van der Waals surface area (Å²) in [5.74, 6) is -2.49. The van der Waals surface area contributed by atoms with Crippen LogP contribution in [0, 0.1) is 12.3 Å². The Hall–Kier alpha value is -10.1. The first-order valence-corrected chi connectivity index (χ1v) is 30.1. The van der Waals surface area contributed by atoms with Crippen molar-refractivity contribution in [1.29, 1.82) is 0 Å². The predicted molar refractivity (Wildman–Crippen MR) is 346 cm³/mol. The number of azide groups is 1. The topological polar surface area (TPSA) is 246 Å². The molecule has 0 fully saturated rings. The molecule has 0 aliphatic carbocycles. The van der Waals surface area contributed by atoms with Gasteiger partial charge < -0.3 is 45.3 Å². The van der Waals surface area contributed by atoms with E-state index < -0.39 is 117 Å². The van der Waals surface area contributed by atoms with E-state index in [1.807, 2.05) is 117 Å². The summed E-state index contributed by atoms with van der Waals surface area (Å²) in [5.41, 5.74) is 19.2. The standard InChI is InChI=1S/C70H82N12O8/c1-8-41-76(45-68(88)80(54(5)60-34-21-12-22-35-60)48-66(86)77(42-27-40-74-75-72)46-67(87)78(44-63(71)83)52(3)58-30-17-10-18-31-58)65(85)47-81(55(6)61-36-23-13-24-37-61)70(90)50-82(56(7)62-38-25-14-26-39-62)69(89)49-79(53(4)59-32-19-11-20-33-59)64(84)43-73-51(2)57-28-15-9-16-29-57/h1,9-26,28-39,51-56,73H,27,40-50H2,2-7H3,(H2,71,83)/t51-,52-,53-,54-,55-,56-/m0/s1. The van der Waals surface area contributed by atoms with E-state index in [2.05, 4.69) is 21.3 Å². The number of nitrogens with zero attached hydrogens (tertiary/aromatic N) is 10. The van der Waals surface area contributed by atoms with Gasteiger partial charge in [0.15, 0.2) is 0 Å². The molecule has 0 aromatic heterocycles. The Bertz CT molecular complexity index is 3410. The first kappa shape index (κ1) is 69.0. The van der Waals surface area contributed by atoms with Crippen molar-refractivity contribution in [1.82, 2.24) is 39.6 Å². The van der Waals surface area contributed by atoms with Crippen LogP contribution in [0.15, 0.2) is 187 Å². The lowest BCUT2D eigenvalue weighted by Crippen LogP contribution is -2.53. The van der Waals surface area contributed by atoms with Crippen molar-refractivity contribution in [2.75, 3.05) is 72.0 Å². The monoisotopic (exact) mass is 1220 g/mol. The van der Waals surface area contributed by atoms with E-state index in [0.29, 0.717) is 22.3 Å². The molecule has 6 atom stereocenters. The van der Waals surface area contributed by atoms with E-state index in [4.69, 9.17) is 17.7 Å². The smallest absolute Gasteiger partial charge is 0.243 e. The molecule has 6 aromatic rings. The summed E-state index contributed by atoms with van der Waals surface area (Å²) >= 11 is 0. The zero-order valence-electron chi connectivity index (χ0n) is 52.2. The SMILES string of the molecule is C#CCN(CC(=O)N(CC(=O)N(CCCN=[N+]=[N-])CC(=O)N(CC(N)=O)[C@@H](C)c1ccccc1)[C@@H](C)c1ccccc1)C(=O)CN(C(=O)CN(C(=O)CN(C(=O)CN[C@@H](C)c1ccccc1)[C@@H](C)c1ccccc1)[C@@H](C)c1ccccc1)[C@@H](C)c1ccccc1. The number of hydrogen-bond acceptors (Lipinski definition) is 10. The summed E-state index contributed by atoms with van der Waals surface area (Å²) in [7, 11) is 0. The number of benzene rings is 6. The Kier molecular flexibility index (Phi) is 26.9. The fourth-order valence-corrected chi connectivity index (χ4v) is 10.6. The van der Waals surface area contributed by atoms with Crippen LogP contribution in [-0.2, 0) is 38.4 Å². The second-order valence-electron chi connectivity index (χ2n) is 22.1. The maximum atomic E-state index is 15.4. The van der Waals surface area contributed by atoms with E-state index in [-0.39, 0.29) is 44.5 Å². The minimum Gasteiger partial charge on any atom is -0.368 e. The highest BCUT2D eigenvalue weighted by Crippen LogP contribution is 2.28. The molecular formula is C70H82N12O8. The Labute approximate surface area is 528 Å². The summed E-state index contributed by atoms with van der Waals surface area (Å²) in [5, 5.41) is 6.93. The van der Waals surface area contributed by atoms with Crippen LogP contribution in [0.25, 0.3) is 10.4 Å². The molecule has 0 saturated heterocycles. The summed E-state index contributed by atoms with van der Waals surface area (Å²) in [6.07, 6.45) is 6.09. The normalized spacial score (nSPS) is 12.8. The fourth-order valence-electron chi connectivity index (χ4n) is 10.6. The molecule has 0 radical (unpaired) electrons. The quantitative estimate of drug-likeness (QED) is 0.0131. The van der Waals surface area contributed by atoms with Crippen molar-refractivity contribution in [3.05, 3.63) is 226 Å². The van der Waals surface area contributed by atoms with Gasteiger partial charge in [-0.25, -0.2) is 0 Å². The third-order valence-corrected chi connectivity index (χ3v) is 16.1. The van der Waals surface area contributed by atoms with Crippen molar-refractivity contribution in [2.24, 2.45) is 10.8 Å². The highest BCUT2D eigenvalue weighted by atomic mass is 16.2. The van der Waals surface area contributed by atoms with E-state index in [0.717, 1.165) is 16.0 Å². The molecule has 0 aliphatic rings. The number of terminal acetylenes is 1. The van der Waals surface area contributed by atoms with Gasteiger partial charge in [0.1, 0.15) is 32.7 Å². The molecule has 20 nitrogen and oxygen atoms in total. The average molecular weight is 1220 g/mol. The van der Waals surface area contributed by atoms with Gasteiger partial charge in [-0.1, -0.05) is 193 Å². The van der Waals surface area contributed by atoms with Gasteiger partial charge in [0, 0.05) is 24.0 Å². The molecule has 0 unspecified atom stereocenters. The molecule has 0 heterocycles. The molecule has 6 rings (SSSR count). The molecule has 90 heavy (non-hydrogen) atoms. The second-order valence-corrected chi connectivity index (χ2v) is 22.1. The highest BCUT2D eigenvalue weighted by molar-refractivity contribution is 5.94. The number of nitrogens with one attached hydrogen (secondary N) is 1. The van der Waals surface area contributed by atoms with Crippen LogP contribution in [0.3, 0.4) is 0 Å². The van der Waals surface area contributed by atoms with Crippen molar-refractivity contribution in [3.8, 4) is 12.3 Å². The number of primary amides is 1. The number of nitrogens with two attached hydrogens (primary N) is 1. The van der Waals surface area contributed by atoms with Gasteiger partial charge in [-0.15, -0.1) is 6.42 Å². The molecule has 0 spiro atoms. The lowest BCUT2D eigenvalue weighted by atomic mass is 10.0. The minimum absolute atomic E-state index is 0.0180. The van der Waals surface area contributed by atoms with E-state index in [1.54, 1.807) is 107 Å². The predicted octanol–water partition coefficient (Wildman–Crippen LogP) is 8.76. The molecule has 3 N–H and O–H groups in total. The molecule has 8 amide bonds. The van der Waals surface area contributed by atoms with Crippen molar-refractivity contribution in [2.45, 2.75) is 84.2 Å². The summed E-state index contributed by atoms with van der Waals surface area (Å²) in [4.78, 5) is 129. The molecule has 20 heteroatoms. The van der Waals surface area contributed by atoms with Gasteiger partial charge in [0.25, 0.3) is 0 Å². The number of rotatable bonds is 33. The number of amides is 8. The maximum absolute atomic E-state index is 15.4. The lowest BCUT2D eigenvalue weighted by molar-refractivity contribution is -0.150. The van der Waals surface area contributed by atoms with E-state index in [1.165, 1.54) is 29.4 Å². The Morgan fingerprint density at radius 2 is 0.722 bits per heavy atom. The molecular weight excluding hydrogens is 1140 g/mol. The highest BCUT2D eigenvalue weighted by Gasteiger charge is 2.36. The van der Waals surface area contributed by atoms with Crippen LogP contribution in [0.4, 0.5) is 0 Å². The van der Waals surface area contributed by atoms with Crippen LogP contribution in [-0.4, -0.2) is 154 Å². The summed E-state index contributed by atoms with van der Waals surface area (Å²) < 4.78 is 0. The third kappa shape index (κ3) is 20.0. The zero-order chi connectivity index (χ0) is 65.1. The Morgan fingerprint density at radius 3 is 1.06 bits per heavy atom. The van der Waals surface area contributed by atoms with Crippen molar-refractivity contribution in [3.63, 3.8) is 0 Å². The van der Waals surface area contributed by atoms with Gasteiger partial charge >= 0.3 is 0 Å². The number of hydrogen-bond donors (Lipinski definition) is 2. The van der Waals surface area contributed by atoms with Crippen LogP contribution in [0.1, 0.15) is 118 Å². The van der Waals surface area contributed by atoms with Crippen LogP contribution < -0.4 is 11.1 Å². The van der Waals surface area contributed by atoms with Crippen molar-refractivity contribution < 1.29 is 38.4 Å². The number of carbonyl (C=O) groups is 8. The Balaban J connectivity index is 1.31. The van der Waals surface area contributed by atoms with E-state index >= 15 is 19.2 Å².